The predicted octanol–water partition coefficient (Wildman–Crippen LogP) is 2.33. The van der Waals surface area contributed by atoms with Crippen LogP contribution in [0.15, 0.2) is 18.2 Å². The number of halogens is 1. The lowest BCUT2D eigenvalue weighted by atomic mass is 10.2. The van der Waals surface area contributed by atoms with Gasteiger partial charge in [0.05, 0.1) is 4.92 Å². The van der Waals surface area contributed by atoms with E-state index in [-0.39, 0.29) is 5.69 Å². The van der Waals surface area contributed by atoms with Gasteiger partial charge < -0.3 is 0 Å². The van der Waals surface area contributed by atoms with Crippen molar-refractivity contribution in [1.29, 1.82) is 0 Å². The van der Waals surface area contributed by atoms with Crippen LogP contribution in [0.5, 0.6) is 0 Å². The number of nitro benzene ring substituents is 1. The molecule has 0 fully saturated rings. The van der Waals surface area contributed by atoms with Crippen LogP contribution in [0.3, 0.4) is 0 Å². The number of nitrogens with zero attached hydrogens (tertiary/aromatic N) is 1. The molecule has 0 saturated carbocycles. The molecule has 57 valence electrons. The lowest BCUT2D eigenvalue weighted by Gasteiger charge is -1.92. The monoisotopic (exact) mass is 262 g/mol. The van der Waals surface area contributed by atoms with Crippen LogP contribution in [0.2, 0.25) is 0 Å². The van der Waals surface area contributed by atoms with Gasteiger partial charge in [-0.05, 0) is 17.7 Å². The zero-order chi connectivity index (χ0) is 8.27. The first-order valence-corrected chi connectivity index (χ1v) is 4.47. The highest BCUT2D eigenvalue weighted by molar-refractivity contribution is 14.1. The van der Waals surface area contributed by atoms with Crippen molar-refractivity contribution in [2.24, 2.45) is 0 Å². The zero-order valence-corrected chi connectivity index (χ0v) is 7.74. The number of hydrogen-bond acceptors (Lipinski definition) is 2. The predicted molar refractivity (Wildman–Crippen MR) is 49.7 cm³/mol. The molecule has 0 amide bonds. The minimum atomic E-state index is -0.399. The smallest absolute Gasteiger partial charge is 0.258 e. The normalized spacial score (nSPS) is 9.55. The van der Waals surface area contributed by atoms with Gasteiger partial charge in [-0.2, -0.15) is 0 Å². The maximum absolute atomic E-state index is 10.3. The molecule has 1 aromatic carbocycles. The van der Waals surface area contributed by atoms with Gasteiger partial charge in [0.25, 0.3) is 5.69 Å². The molecular weight excluding hydrogens is 257 g/mol. The summed E-state index contributed by atoms with van der Waals surface area (Å²) in [5, 5.41) is 10.3. The van der Waals surface area contributed by atoms with Crippen LogP contribution in [0.4, 0.5) is 5.69 Å². The molecule has 1 aromatic rings. The largest absolute Gasteiger partial charge is 0.269 e. The highest BCUT2D eigenvalue weighted by Crippen LogP contribution is 2.14. The van der Waals surface area contributed by atoms with Crippen LogP contribution in [0, 0.1) is 16.2 Å². The second kappa shape index (κ2) is 3.66. The van der Waals surface area contributed by atoms with E-state index in [4.69, 9.17) is 0 Å². The summed E-state index contributed by atoms with van der Waals surface area (Å²) < 4.78 is 0.749. The molecule has 0 unspecified atom stereocenters. The molecule has 0 atom stereocenters. The SMILES string of the molecule is O=[N+]([O-])c1cc[c]c(CI)c1. The molecule has 11 heavy (non-hydrogen) atoms. The Balaban J connectivity index is 3.01. The second-order valence-electron chi connectivity index (χ2n) is 1.96. The van der Waals surface area contributed by atoms with Crippen molar-refractivity contribution in [3.63, 3.8) is 0 Å². The number of nitro groups is 1. The fourth-order valence-corrected chi connectivity index (χ4v) is 1.13. The van der Waals surface area contributed by atoms with Gasteiger partial charge in [-0.25, -0.2) is 0 Å². The van der Waals surface area contributed by atoms with Crippen LogP contribution < -0.4 is 0 Å². The maximum Gasteiger partial charge on any atom is 0.269 e. The Bertz CT molecular complexity index is 275. The standard InChI is InChI=1S/C7H5INO2/c8-5-6-2-1-3-7(4-6)9(10)11/h1,3-4H,5H2. The molecule has 0 bridgehead atoms. The second-order valence-corrected chi connectivity index (χ2v) is 2.73. The molecule has 0 aliphatic heterocycles. The summed E-state index contributed by atoms with van der Waals surface area (Å²) in [6.45, 7) is 0. The van der Waals surface area contributed by atoms with Gasteiger partial charge in [0.2, 0.25) is 0 Å². The van der Waals surface area contributed by atoms with E-state index in [9.17, 15) is 10.1 Å². The molecule has 0 aromatic heterocycles. The third kappa shape index (κ3) is 2.14. The van der Waals surface area contributed by atoms with E-state index < -0.39 is 4.92 Å². The fourth-order valence-electron chi connectivity index (χ4n) is 0.693. The van der Waals surface area contributed by atoms with Crippen LogP contribution in [0.25, 0.3) is 0 Å². The molecular formula is C7H5INO2. The molecule has 0 aliphatic carbocycles. The minimum absolute atomic E-state index is 0.135. The molecule has 0 spiro atoms. The molecule has 0 N–H and O–H groups in total. The quantitative estimate of drug-likeness (QED) is 0.355. The summed E-state index contributed by atoms with van der Waals surface area (Å²) >= 11 is 2.14. The summed E-state index contributed by atoms with van der Waals surface area (Å²) in [7, 11) is 0. The summed E-state index contributed by atoms with van der Waals surface area (Å²) in [6.07, 6.45) is 0. The summed E-state index contributed by atoms with van der Waals surface area (Å²) in [5.41, 5.74) is 0.996. The molecule has 4 heteroatoms. The van der Waals surface area contributed by atoms with Gasteiger partial charge in [0.15, 0.2) is 0 Å². The van der Waals surface area contributed by atoms with Gasteiger partial charge in [0.1, 0.15) is 0 Å². The van der Waals surface area contributed by atoms with Crippen molar-refractivity contribution in [3.8, 4) is 0 Å². The van der Waals surface area contributed by atoms with Gasteiger partial charge in [-0.1, -0.05) is 22.6 Å². The van der Waals surface area contributed by atoms with Gasteiger partial charge in [-0.15, -0.1) is 0 Å². The van der Waals surface area contributed by atoms with Crippen molar-refractivity contribution in [2.45, 2.75) is 4.43 Å². The van der Waals surface area contributed by atoms with Crippen molar-refractivity contribution in [1.82, 2.24) is 0 Å². The number of benzene rings is 1. The van der Waals surface area contributed by atoms with E-state index in [1.165, 1.54) is 12.1 Å². The van der Waals surface area contributed by atoms with Crippen LogP contribution in [0.1, 0.15) is 5.56 Å². The fraction of sp³-hybridized carbons (Fsp3) is 0.143. The average molecular weight is 262 g/mol. The van der Waals surface area contributed by atoms with Gasteiger partial charge in [0, 0.05) is 16.6 Å². The number of rotatable bonds is 2. The first-order chi connectivity index (χ1) is 5.24. The molecule has 1 radical (unpaired) electrons. The van der Waals surface area contributed by atoms with E-state index in [1.54, 1.807) is 6.07 Å². The summed E-state index contributed by atoms with van der Waals surface area (Å²) in [6, 6.07) is 7.45. The van der Waals surface area contributed by atoms with Gasteiger partial charge >= 0.3 is 0 Å². The Kier molecular flexibility index (Phi) is 2.81. The van der Waals surface area contributed by atoms with Crippen molar-refractivity contribution in [3.05, 3.63) is 39.9 Å². The zero-order valence-electron chi connectivity index (χ0n) is 5.58. The number of hydrogen-bond donors (Lipinski definition) is 0. The first kappa shape index (κ1) is 8.45. The van der Waals surface area contributed by atoms with E-state index in [0.29, 0.717) is 0 Å². The van der Waals surface area contributed by atoms with Crippen LogP contribution >= 0.6 is 22.6 Å². The lowest BCUT2D eigenvalue weighted by molar-refractivity contribution is -0.384. The van der Waals surface area contributed by atoms with Crippen molar-refractivity contribution < 1.29 is 4.92 Å². The highest BCUT2D eigenvalue weighted by atomic mass is 127. The van der Waals surface area contributed by atoms with E-state index in [1.807, 2.05) is 0 Å². The number of non-ortho nitro benzene ring substituents is 1. The van der Waals surface area contributed by atoms with Gasteiger partial charge in [-0.3, -0.25) is 10.1 Å². The molecule has 3 nitrogen and oxygen atoms in total. The van der Waals surface area contributed by atoms with E-state index in [0.717, 1.165) is 9.99 Å². The maximum atomic E-state index is 10.3. The van der Waals surface area contributed by atoms with Crippen molar-refractivity contribution in [2.75, 3.05) is 0 Å². The van der Waals surface area contributed by atoms with Crippen LogP contribution in [-0.4, -0.2) is 4.92 Å². The molecule has 0 saturated heterocycles. The first-order valence-electron chi connectivity index (χ1n) is 2.95. The van der Waals surface area contributed by atoms with Crippen LogP contribution in [-0.2, 0) is 4.43 Å². The van der Waals surface area contributed by atoms with E-state index >= 15 is 0 Å². The van der Waals surface area contributed by atoms with Crippen molar-refractivity contribution >= 4 is 28.3 Å². The Morgan fingerprint density at radius 3 is 3.00 bits per heavy atom. The topological polar surface area (TPSA) is 43.1 Å². The highest BCUT2D eigenvalue weighted by Gasteiger charge is 2.03. The Hall–Kier alpha value is -0.650. The summed E-state index contributed by atoms with van der Waals surface area (Å²) in [4.78, 5) is 9.86. The Morgan fingerprint density at radius 1 is 1.73 bits per heavy atom. The molecule has 1 rings (SSSR count). The Morgan fingerprint density at radius 2 is 2.45 bits per heavy atom. The third-order valence-corrected chi connectivity index (χ3v) is 2.02. The molecule has 0 aliphatic rings. The minimum Gasteiger partial charge on any atom is -0.258 e. The number of alkyl halides is 1. The third-order valence-electron chi connectivity index (χ3n) is 1.20. The lowest BCUT2D eigenvalue weighted by Crippen LogP contribution is -1.88. The average Bonchev–Trinajstić information content (AvgIpc) is 2.05. The Labute approximate surface area is 77.7 Å². The molecule has 0 heterocycles. The van der Waals surface area contributed by atoms with E-state index in [2.05, 4.69) is 28.7 Å². The summed E-state index contributed by atoms with van der Waals surface area (Å²) in [5.74, 6) is 0.